The molecule has 1 amide bonds. The second-order valence-electron chi connectivity index (χ2n) is 6.67. The molecule has 1 unspecified atom stereocenters. The first-order chi connectivity index (χ1) is 12.5. The maximum Gasteiger partial charge on any atom is 0.307 e. The monoisotopic (exact) mass is 472 g/mol. The Hall–Kier alpha value is -1.15. The summed E-state index contributed by atoms with van der Waals surface area (Å²) in [5.74, 6) is -0.242. The van der Waals surface area contributed by atoms with Gasteiger partial charge in [-0.3, -0.25) is 14.5 Å². The Morgan fingerprint density at radius 1 is 1.35 bits per heavy atom. The Morgan fingerprint density at radius 2 is 2.12 bits per heavy atom. The quantitative estimate of drug-likeness (QED) is 0.430. The van der Waals surface area contributed by atoms with E-state index < -0.39 is 0 Å². The zero-order valence-corrected chi connectivity index (χ0v) is 18.1. The van der Waals surface area contributed by atoms with Crippen LogP contribution in [0.1, 0.15) is 49.0 Å². The van der Waals surface area contributed by atoms with Gasteiger partial charge in [-0.05, 0) is 74.0 Å². The molecule has 1 aliphatic rings. The van der Waals surface area contributed by atoms with Crippen LogP contribution in [0.15, 0.2) is 18.2 Å². The van der Waals surface area contributed by atoms with Crippen LogP contribution < -0.4 is 0 Å². The van der Waals surface area contributed by atoms with Crippen LogP contribution in [0, 0.1) is 10.5 Å². The van der Waals surface area contributed by atoms with Gasteiger partial charge in [0.2, 0.25) is 0 Å². The molecular weight excluding hydrogens is 443 g/mol. The van der Waals surface area contributed by atoms with Gasteiger partial charge in [0.15, 0.2) is 0 Å². The summed E-state index contributed by atoms with van der Waals surface area (Å²) in [6.07, 6.45) is 2.50. The van der Waals surface area contributed by atoms with Crippen molar-refractivity contribution < 1.29 is 14.3 Å². The molecule has 1 saturated heterocycles. The van der Waals surface area contributed by atoms with Gasteiger partial charge in [0.05, 0.1) is 18.6 Å². The number of hydrogen-bond acceptors (Lipinski definition) is 4. The third-order valence-corrected chi connectivity index (χ3v) is 6.37. The number of carbonyl (C=O) groups is 2. The number of halogens is 1. The number of likely N-dealkylation sites (tertiary alicyclic amines) is 1. The Balaban J connectivity index is 2.17. The maximum atomic E-state index is 13.2. The van der Waals surface area contributed by atoms with Crippen molar-refractivity contribution in [2.45, 2.75) is 46.1 Å². The van der Waals surface area contributed by atoms with Crippen LogP contribution in [0.25, 0.3) is 0 Å². The number of hydrogen-bond donors (Lipinski definition) is 0. The fourth-order valence-corrected chi connectivity index (χ4v) is 4.08. The molecule has 1 aliphatic heterocycles. The summed E-state index contributed by atoms with van der Waals surface area (Å²) in [4.78, 5) is 29.3. The number of aryl methyl sites for hydroxylation is 1. The number of nitrogens with zero attached hydrogens (tertiary/aromatic N) is 2. The van der Waals surface area contributed by atoms with Crippen molar-refractivity contribution in [3.63, 3.8) is 0 Å². The molecule has 0 radical (unpaired) electrons. The van der Waals surface area contributed by atoms with Gasteiger partial charge >= 0.3 is 5.97 Å². The standard InChI is InChI=1S/C20H29IN2O3/c1-4-22-12-7-9-16(22)14-23(13-11-18(24)26-5-2)20(25)17-10-6-8-15(3)19(17)21/h6,8,10,16H,4-5,7,9,11-14H2,1-3H3. The smallest absolute Gasteiger partial charge is 0.307 e. The molecule has 1 fully saturated rings. The van der Waals surface area contributed by atoms with Crippen LogP contribution in [0.2, 0.25) is 0 Å². The van der Waals surface area contributed by atoms with Crippen LogP contribution in [0.5, 0.6) is 0 Å². The van der Waals surface area contributed by atoms with Gasteiger partial charge in [-0.2, -0.15) is 0 Å². The largest absolute Gasteiger partial charge is 0.466 e. The third kappa shape index (κ3) is 5.42. The number of ether oxygens (including phenoxy) is 1. The number of amides is 1. The van der Waals surface area contributed by atoms with Crippen molar-refractivity contribution in [2.75, 3.05) is 32.8 Å². The number of carbonyl (C=O) groups excluding carboxylic acids is 2. The highest BCUT2D eigenvalue weighted by Crippen LogP contribution is 2.22. The van der Waals surface area contributed by atoms with Crippen molar-refractivity contribution in [2.24, 2.45) is 0 Å². The Bertz CT molecular complexity index is 635. The van der Waals surface area contributed by atoms with E-state index in [4.69, 9.17) is 4.74 Å². The molecule has 0 bridgehead atoms. The summed E-state index contributed by atoms with van der Waals surface area (Å²) in [7, 11) is 0. The zero-order chi connectivity index (χ0) is 19.1. The van der Waals surface area contributed by atoms with Crippen LogP contribution in [0.3, 0.4) is 0 Å². The molecule has 2 rings (SSSR count). The van der Waals surface area contributed by atoms with Gasteiger partial charge < -0.3 is 9.64 Å². The predicted octanol–water partition coefficient (Wildman–Crippen LogP) is 3.48. The average molecular weight is 472 g/mol. The van der Waals surface area contributed by atoms with E-state index in [0.29, 0.717) is 25.7 Å². The molecule has 0 spiro atoms. The van der Waals surface area contributed by atoms with Crippen LogP contribution in [-0.2, 0) is 9.53 Å². The van der Waals surface area contributed by atoms with Gasteiger partial charge in [-0.25, -0.2) is 0 Å². The first-order valence-electron chi connectivity index (χ1n) is 9.42. The van der Waals surface area contributed by atoms with Crippen LogP contribution in [0.4, 0.5) is 0 Å². The van der Waals surface area contributed by atoms with Gasteiger partial charge in [-0.1, -0.05) is 19.1 Å². The van der Waals surface area contributed by atoms with Gasteiger partial charge in [0, 0.05) is 22.7 Å². The first-order valence-corrected chi connectivity index (χ1v) is 10.5. The lowest BCUT2D eigenvalue weighted by Gasteiger charge is -2.30. The topological polar surface area (TPSA) is 49.9 Å². The van der Waals surface area contributed by atoms with Crippen LogP contribution in [-0.4, -0.2) is 60.5 Å². The van der Waals surface area contributed by atoms with E-state index >= 15 is 0 Å². The van der Waals surface area contributed by atoms with Crippen LogP contribution >= 0.6 is 22.6 Å². The maximum absolute atomic E-state index is 13.2. The minimum absolute atomic E-state index is 0.00496. The van der Waals surface area contributed by atoms with Crippen molar-refractivity contribution >= 4 is 34.5 Å². The van der Waals surface area contributed by atoms with Crippen molar-refractivity contribution in [3.05, 3.63) is 32.9 Å². The molecule has 0 aliphatic carbocycles. The molecule has 0 saturated carbocycles. The Morgan fingerprint density at radius 3 is 2.81 bits per heavy atom. The molecule has 1 atom stereocenters. The number of esters is 1. The second-order valence-corrected chi connectivity index (χ2v) is 7.75. The normalized spacial score (nSPS) is 17.3. The van der Waals surface area contributed by atoms with E-state index in [2.05, 4.69) is 34.4 Å². The molecule has 1 aromatic rings. The van der Waals surface area contributed by atoms with Gasteiger partial charge in [0.1, 0.15) is 0 Å². The highest BCUT2D eigenvalue weighted by Gasteiger charge is 2.28. The second kappa shape index (κ2) is 10.3. The minimum Gasteiger partial charge on any atom is -0.466 e. The van der Waals surface area contributed by atoms with E-state index in [-0.39, 0.29) is 18.3 Å². The van der Waals surface area contributed by atoms with E-state index in [1.165, 1.54) is 6.42 Å². The summed E-state index contributed by atoms with van der Waals surface area (Å²) in [5, 5.41) is 0. The summed E-state index contributed by atoms with van der Waals surface area (Å²) in [6, 6.07) is 6.17. The fourth-order valence-electron chi connectivity index (χ4n) is 3.49. The summed E-state index contributed by atoms with van der Waals surface area (Å²) in [6.45, 7) is 9.48. The predicted molar refractivity (Wildman–Crippen MR) is 111 cm³/mol. The van der Waals surface area contributed by atoms with Crippen molar-refractivity contribution in [1.29, 1.82) is 0 Å². The third-order valence-electron chi connectivity index (χ3n) is 4.94. The lowest BCUT2D eigenvalue weighted by molar-refractivity contribution is -0.143. The molecule has 5 nitrogen and oxygen atoms in total. The zero-order valence-electron chi connectivity index (χ0n) is 16.0. The molecule has 0 N–H and O–H groups in total. The van der Waals surface area contributed by atoms with E-state index in [9.17, 15) is 9.59 Å². The summed E-state index contributed by atoms with van der Waals surface area (Å²) < 4.78 is 6.03. The van der Waals surface area contributed by atoms with Gasteiger partial charge in [0.25, 0.3) is 5.91 Å². The van der Waals surface area contributed by atoms with E-state index in [1.807, 2.05) is 30.0 Å². The summed E-state index contributed by atoms with van der Waals surface area (Å²) in [5.41, 5.74) is 1.81. The number of rotatable bonds is 8. The molecule has 1 heterocycles. The summed E-state index contributed by atoms with van der Waals surface area (Å²) >= 11 is 2.24. The minimum atomic E-state index is -0.247. The molecule has 1 aromatic carbocycles. The Kier molecular flexibility index (Phi) is 8.34. The highest BCUT2D eigenvalue weighted by atomic mass is 127. The molecule has 6 heteroatoms. The molecule has 26 heavy (non-hydrogen) atoms. The molecule has 144 valence electrons. The van der Waals surface area contributed by atoms with Crippen molar-refractivity contribution in [3.8, 4) is 0 Å². The lowest BCUT2D eigenvalue weighted by atomic mass is 10.1. The molecule has 0 aromatic heterocycles. The van der Waals surface area contributed by atoms with Crippen molar-refractivity contribution in [1.82, 2.24) is 9.80 Å². The SMILES string of the molecule is CCOC(=O)CCN(CC1CCCN1CC)C(=O)c1cccc(C)c1I. The highest BCUT2D eigenvalue weighted by molar-refractivity contribution is 14.1. The number of likely N-dealkylation sites (N-methyl/N-ethyl adjacent to an activating group) is 1. The van der Waals surface area contributed by atoms with Gasteiger partial charge in [-0.15, -0.1) is 0 Å². The fraction of sp³-hybridized carbons (Fsp3) is 0.600. The molecular formula is C20H29IN2O3. The lowest BCUT2D eigenvalue weighted by Crippen LogP contribution is -2.44. The Labute approximate surface area is 170 Å². The number of benzene rings is 1. The van der Waals surface area contributed by atoms with E-state index in [0.717, 1.165) is 34.2 Å². The van der Waals surface area contributed by atoms with E-state index in [1.54, 1.807) is 6.92 Å². The first kappa shape index (κ1) is 21.2. The average Bonchev–Trinajstić information content (AvgIpc) is 3.07.